The number of nitrogens with one attached hydrogen (secondary N) is 1. The van der Waals surface area contributed by atoms with Crippen LogP contribution >= 0.6 is 0 Å². The third-order valence-electron chi connectivity index (χ3n) is 3.88. The van der Waals surface area contributed by atoms with Crippen LogP contribution in [0.2, 0.25) is 0 Å². The molecule has 0 spiro atoms. The number of ether oxygens (including phenoxy) is 2. The van der Waals surface area contributed by atoms with Crippen LogP contribution in [0.5, 0.6) is 11.5 Å². The lowest BCUT2D eigenvalue weighted by atomic mass is 10.2. The molecule has 0 aliphatic heterocycles. The maximum absolute atomic E-state index is 12.8. The molecule has 0 amide bonds. The summed E-state index contributed by atoms with van der Waals surface area (Å²) in [6.45, 7) is 6.33. The molecule has 1 heterocycles. The van der Waals surface area contributed by atoms with Crippen LogP contribution in [-0.4, -0.2) is 26.6 Å². The molecule has 148 valence electrons. The van der Waals surface area contributed by atoms with Gasteiger partial charge in [-0.15, -0.1) is 0 Å². The smallest absolute Gasteiger partial charge is 0.262 e. The Hall–Kier alpha value is -3.00. The zero-order chi connectivity index (χ0) is 20.1. The number of oxazole rings is 1. The summed E-state index contributed by atoms with van der Waals surface area (Å²) in [4.78, 5) is 4.17. The molecule has 2 aromatic carbocycles. The van der Waals surface area contributed by atoms with Crippen molar-refractivity contribution in [3.63, 3.8) is 0 Å². The van der Waals surface area contributed by atoms with Crippen LogP contribution in [0.4, 0.5) is 5.69 Å². The Labute approximate surface area is 164 Å². The Balaban J connectivity index is 1.88. The Kier molecular flexibility index (Phi) is 5.89. The number of aromatic nitrogens is 1. The molecule has 1 aromatic heterocycles. The lowest BCUT2D eigenvalue weighted by Gasteiger charge is -2.14. The van der Waals surface area contributed by atoms with Crippen LogP contribution in [0.3, 0.4) is 0 Å². The Morgan fingerprint density at radius 1 is 1.04 bits per heavy atom. The van der Waals surface area contributed by atoms with E-state index in [0.717, 1.165) is 5.56 Å². The van der Waals surface area contributed by atoms with Gasteiger partial charge < -0.3 is 13.9 Å². The Morgan fingerprint density at radius 2 is 1.75 bits per heavy atom. The molecular weight excluding hydrogens is 380 g/mol. The highest BCUT2D eigenvalue weighted by Crippen LogP contribution is 2.32. The quantitative estimate of drug-likeness (QED) is 0.606. The van der Waals surface area contributed by atoms with Gasteiger partial charge in [-0.25, -0.2) is 13.4 Å². The summed E-state index contributed by atoms with van der Waals surface area (Å²) in [5.74, 6) is 2.12. The van der Waals surface area contributed by atoms with Crippen LogP contribution in [0, 0.1) is 6.92 Å². The van der Waals surface area contributed by atoms with E-state index in [0.29, 0.717) is 42.1 Å². The van der Waals surface area contributed by atoms with Gasteiger partial charge in [0.1, 0.15) is 11.5 Å². The highest BCUT2D eigenvalue weighted by molar-refractivity contribution is 7.92. The zero-order valence-electron chi connectivity index (χ0n) is 15.9. The van der Waals surface area contributed by atoms with Crippen molar-refractivity contribution in [3.05, 3.63) is 54.6 Å². The van der Waals surface area contributed by atoms with Gasteiger partial charge in [0, 0.05) is 18.6 Å². The Bertz CT molecular complexity index is 1040. The summed E-state index contributed by atoms with van der Waals surface area (Å²) in [5, 5.41) is 0. The number of hydrogen-bond donors (Lipinski definition) is 1. The predicted molar refractivity (Wildman–Crippen MR) is 106 cm³/mol. The molecule has 3 aromatic rings. The minimum absolute atomic E-state index is 0.122. The topological polar surface area (TPSA) is 90.7 Å². The van der Waals surface area contributed by atoms with E-state index in [1.54, 1.807) is 43.5 Å². The number of anilines is 1. The maximum atomic E-state index is 12.8. The van der Waals surface area contributed by atoms with E-state index in [1.807, 2.05) is 13.8 Å². The van der Waals surface area contributed by atoms with Gasteiger partial charge in [0.05, 0.1) is 30.0 Å². The summed E-state index contributed by atoms with van der Waals surface area (Å²) in [5.41, 5.74) is 1.07. The van der Waals surface area contributed by atoms with E-state index < -0.39 is 10.0 Å². The van der Waals surface area contributed by atoms with Gasteiger partial charge in [0.15, 0.2) is 11.7 Å². The second-order valence-electron chi connectivity index (χ2n) is 5.90. The zero-order valence-corrected chi connectivity index (χ0v) is 16.7. The molecule has 0 aliphatic rings. The van der Waals surface area contributed by atoms with E-state index in [4.69, 9.17) is 13.9 Å². The standard InChI is InChI=1S/C20H22N2O5S/c1-4-25-16-8-11-19(26-5-2)18(12-16)22-28(23,24)17-9-6-15(7-10-17)20-13-21-14(3)27-20/h6-13,22H,4-5H2,1-3H3. The van der Waals surface area contributed by atoms with Crippen molar-refractivity contribution < 1.29 is 22.3 Å². The number of aryl methyl sites for hydroxylation is 1. The molecule has 0 radical (unpaired) electrons. The first-order chi connectivity index (χ1) is 13.4. The first-order valence-corrected chi connectivity index (χ1v) is 10.4. The number of hydrogen-bond acceptors (Lipinski definition) is 6. The number of nitrogens with zero attached hydrogens (tertiary/aromatic N) is 1. The van der Waals surface area contributed by atoms with Gasteiger partial charge in [-0.05, 0) is 50.2 Å². The van der Waals surface area contributed by atoms with Gasteiger partial charge in [-0.1, -0.05) is 0 Å². The van der Waals surface area contributed by atoms with Crippen LogP contribution in [-0.2, 0) is 10.0 Å². The summed E-state index contributed by atoms with van der Waals surface area (Å²) < 4.78 is 44.7. The molecule has 0 saturated carbocycles. The summed E-state index contributed by atoms with van der Waals surface area (Å²) >= 11 is 0. The molecule has 7 nitrogen and oxygen atoms in total. The summed E-state index contributed by atoms with van der Waals surface area (Å²) in [7, 11) is -3.81. The van der Waals surface area contributed by atoms with E-state index in [1.165, 1.54) is 12.1 Å². The molecule has 1 N–H and O–H groups in total. The molecule has 0 fully saturated rings. The fourth-order valence-electron chi connectivity index (χ4n) is 2.62. The molecule has 0 unspecified atom stereocenters. The molecule has 8 heteroatoms. The van der Waals surface area contributed by atoms with Crippen molar-refractivity contribution in [3.8, 4) is 22.8 Å². The summed E-state index contributed by atoms with van der Waals surface area (Å²) in [6, 6.07) is 11.4. The average Bonchev–Trinajstić information content (AvgIpc) is 3.10. The van der Waals surface area contributed by atoms with Crippen molar-refractivity contribution in [2.75, 3.05) is 17.9 Å². The van der Waals surface area contributed by atoms with Gasteiger partial charge in [-0.3, -0.25) is 4.72 Å². The lowest BCUT2D eigenvalue weighted by molar-refractivity contribution is 0.332. The van der Waals surface area contributed by atoms with Crippen molar-refractivity contribution in [2.45, 2.75) is 25.7 Å². The fraction of sp³-hybridized carbons (Fsp3) is 0.250. The van der Waals surface area contributed by atoms with Crippen LogP contribution in [0.1, 0.15) is 19.7 Å². The minimum atomic E-state index is -3.81. The molecular formula is C20H22N2O5S. The van der Waals surface area contributed by atoms with E-state index in [9.17, 15) is 8.42 Å². The average molecular weight is 402 g/mol. The molecule has 0 aliphatic carbocycles. The Morgan fingerprint density at radius 3 is 2.36 bits per heavy atom. The van der Waals surface area contributed by atoms with Gasteiger partial charge in [0.25, 0.3) is 10.0 Å². The van der Waals surface area contributed by atoms with E-state index in [2.05, 4.69) is 9.71 Å². The normalized spacial score (nSPS) is 11.2. The van der Waals surface area contributed by atoms with Crippen molar-refractivity contribution in [2.24, 2.45) is 0 Å². The van der Waals surface area contributed by atoms with Gasteiger partial charge >= 0.3 is 0 Å². The second kappa shape index (κ2) is 8.35. The number of benzene rings is 2. The van der Waals surface area contributed by atoms with Crippen molar-refractivity contribution >= 4 is 15.7 Å². The van der Waals surface area contributed by atoms with Crippen LogP contribution in [0.15, 0.2) is 58.0 Å². The molecule has 0 saturated heterocycles. The SMILES string of the molecule is CCOc1ccc(OCC)c(NS(=O)(=O)c2ccc(-c3cnc(C)o3)cc2)c1. The predicted octanol–water partition coefficient (Wildman–Crippen LogP) is 4.25. The third-order valence-corrected chi connectivity index (χ3v) is 5.26. The van der Waals surface area contributed by atoms with Crippen molar-refractivity contribution in [1.29, 1.82) is 0 Å². The van der Waals surface area contributed by atoms with Crippen LogP contribution in [0.25, 0.3) is 11.3 Å². The first-order valence-electron chi connectivity index (χ1n) is 8.88. The monoisotopic (exact) mass is 402 g/mol. The second-order valence-corrected chi connectivity index (χ2v) is 7.58. The summed E-state index contributed by atoms with van der Waals surface area (Å²) in [6.07, 6.45) is 1.60. The number of sulfonamides is 1. The lowest BCUT2D eigenvalue weighted by Crippen LogP contribution is -2.14. The first kappa shape index (κ1) is 19.8. The maximum Gasteiger partial charge on any atom is 0.262 e. The minimum Gasteiger partial charge on any atom is -0.494 e. The largest absolute Gasteiger partial charge is 0.494 e. The third kappa shape index (κ3) is 4.45. The highest BCUT2D eigenvalue weighted by Gasteiger charge is 2.18. The molecule has 0 bridgehead atoms. The molecule has 3 rings (SSSR count). The van der Waals surface area contributed by atoms with Crippen LogP contribution < -0.4 is 14.2 Å². The number of rotatable bonds is 8. The van der Waals surface area contributed by atoms with E-state index in [-0.39, 0.29) is 4.90 Å². The highest BCUT2D eigenvalue weighted by atomic mass is 32.2. The van der Waals surface area contributed by atoms with Gasteiger partial charge in [-0.2, -0.15) is 0 Å². The van der Waals surface area contributed by atoms with E-state index >= 15 is 0 Å². The fourth-order valence-corrected chi connectivity index (χ4v) is 3.68. The molecule has 28 heavy (non-hydrogen) atoms. The molecule has 0 atom stereocenters. The van der Waals surface area contributed by atoms with Crippen molar-refractivity contribution in [1.82, 2.24) is 4.98 Å². The van der Waals surface area contributed by atoms with Gasteiger partial charge in [0.2, 0.25) is 0 Å².